The van der Waals surface area contributed by atoms with Crippen LogP contribution in [0.5, 0.6) is 0 Å². The van der Waals surface area contributed by atoms with Gasteiger partial charge in [0, 0.05) is 19.8 Å². The molecule has 1 saturated carbocycles. The third kappa shape index (κ3) is 2.72. The molecule has 1 aromatic rings. The molecule has 0 saturated heterocycles. The van der Waals surface area contributed by atoms with Crippen LogP contribution in [-0.4, -0.2) is 26.9 Å². The number of ether oxygens (including phenoxy) is 1. The monoisotopic (exact) mass is 313 g/mol. The van der Waals surface area contributed by atoms with Gasteiger partial charge in [-0.15, -0.1) is 0 Å². The second-order valence-electron chi connectivity index (χ2n) is 5.98. The van der Waals surface area contributed by atoms with Gasteiger partial charge in [-0.25, -0.2) is 17.5 Å². The number of hydrogen-bond donors (Lipinski definition) is 1. The quantitative estimate of drug-likeness (QED) is 0.877. The van der Waals surface area contributed by atoms with E-state index in [0.717, 1.165) is 11.1 Å². The first-order valence-electron chi connectivity index (χ1n) is 7.27. The van der Waals surface area contributed by atoms with Gasteiger partial charge in [-0.2, -0.15) is 0 Å². The summed E-state index contributed by atoms with van der Waals surface area (Å²) < 4.78 is 45.6. The van der Waals surface area contributed by atoms with Crippen molar-refractivity contribution in [1.29, 1.82) is 0 Å². The molecule has 0 bridgehead atoms. The molecule has 3 rings (SSSR count). The lowest BCUT2D eigenvalue weighted by molar-refractivity contribution is 0.191. The molecule has 1 aromatic carbocycles. The predicted molar refractivity (Wildman–Crippen MR) is 78.0 cm³/mol. The van der Waals surface area contributed by atoms with Crippen molar-refractivity contribution in [3.8, 4) is 0 Å². The number of methoxy groups -OCH3 is 1. The molecule has 4 nitrogen and oxygen atoms in total. The Morgan fingerprint density at radius 1 is 1.43 bits per heavy atom. The van der Waals surface area contributed by atoms with Crippen LogP contribution in [0.4, 0.5) is 4.39 Å². The van der Waals surface area contributed by atoms with E-state index in [1.807, 2.05) is 0 Å². The molecule has 1 N–H and O–H groups in total. The largest absolute Gasteiger partial charge is 0.385 e. The van der Waals surface area contributed by atoms with Crippen molar-refractivity contribution in [3.63, 3.8) is 0 Å². The van der Waals surface area contributed by atoms with Crippen LogP contribution >= 0.6 is 0 Å². The van der Waals surface area contributed by atoms with Crippen LogP contribution in [0.2, 0.25) is 0 Å². The fraction of sp³-hybridized carbons (Fsp3) is 0.600. The number of rotatable bonds is 6. The van der Waals surface area contributed by atoms with Crippen LogP contribution in [0.3, 0.4) is 0 Å². The van der Waals surface area contributed by atoms with Gasteiger partial charge in [0.05, 0.1) is 4.75 Å². The van der Waals surface area contributed by atoms with Gasteiger partial charge >= 0.3 is 0 Å². The van der Waals surface area contributed by atoms with Crippen LogP contribution in [0.15, 0.2) is 18.2 Å². The summed E-state index contributed by atoms with van der Waals surface area (Å²) >= 11 is 0. The summed E-state index contributed by atoms with van der Waals surface area (Å²) in [6, 6.07) is 4.36. The smallest absolute Gasteiger partial charge is 0.218 e. The van der Waals surface area contributed by atoms with E-state index in [9.17, 15) is 12.8 Å². The van der Waals surface area contributed by atoms with E-state index in [0.29, 0.717) is 38.7 Å². The molecule has 2 aliphatic carbocycles. The SMILES string of the molecule is COCCC1(S(=O)(=O)NC2CCc3cc(F)ccc32)CC1. The third-order valence-electron chi connectivity index (χ3n) is 4.62. The summed E-state index contributed by atoms with van der Waals surface area (Å²) in [5, 5.41) is 0. The van der Waals surface area contributed by atoms with Gasteiger partial charge in [0.25, 0.3) is 0 Å². The molecule has 0 aliphatic heterocycles. The molecule has 0 amide bonds. The maximum Gasteiger partial charge on any atom is 0.218 e. The van der Waals surface area contributed by atoms with Crippen molar-refractivity contribution in [3.05, 3.63) is 35.1 Å². The maximum absolute atomic E-state index is 13.2. The number of halogens is 1. The molecule has 0 heterocycles. The molecule has 6 heteroatoms. The van der Waals surface area contributed by atoms with E-state index in [1.165, 1.54) is 12.1 Å². The number of fused-ring (bicyclic) bond motifs is 1. The van der Waals surface area contributed by atoms with Crippen molar-refractivity contribution in [2.45, 2.75) is 42.9 Å². The van der Waals surface area contributed by atoms with Gasteiger partial charge in [-0.1, -0.05) is 6.07 Å². The molecular weight excluding hydrogens is 293 g/mol. The number of aryl methyl sites for hydroxylation is 1. The van der Waals surface area contributed by atoms with E-state index in [2.05, 4.69) is 4.72 Å². The van der Waals surface area contributed by atoms with Crippen molar-refractivity contribution in [2.24, 2.45) is 0 Å². The molecule has 1 unspecified atom stereocenters. The first-order valence-corrected chi connectivity index (χ1v) is 8.75. The van der Waals surface area contributed by atoms with Gasteiger partial charge in [-0.05, 0) is 55.4 Å². The van der Waals surface area contributed by atoms with Crippen LogP contribution in [0.25, 0.3) is 0 Å². The number of hydrogen-bond acceptors (Lipinski definition) is 3. The van der Waals surface area contributed by atoms with E-state index < -0.39 is 14.8 Å². The molecule has 1 fully saturated rings. The standard InChI is InChI=1S/C15H20FNO3S/c1-20-9-8-15(6-7-15)21(18,19)17-14-5-2-11-10-12(16)3-4-13(11)14/h3-4,10,14,17H,2,5-9H2,1H3. The molecular formula is C15H20FNO3S. The highest BCUT2D eigenvalue weighted by Crippen LogP contribution is 2.47. The van der Waals surface area contributed by atoms with Gasteiger partial charge in [0.15, 0.2) is 0 Å². The fourth-order valence-electron chi connectivity index (χ4n) is 3.10. The molecule has 0 radical (unpaired) electrons. The van der Waals surface area contributed by atoms with Crippen LogP contribution < -0.4 is 4.72 Å². The van der Waals surface area contributed by atoms with Crippen molar-refractivity contribution < 1.29 is 17.5 Å². The van der Waals surface area contributed by atoms with Crippen molar-refractivity contribution in [1.82, 2.24) is 4.72 Å². The second kappa shape index (κ2) is 5.34. The second-order valence-corrected chi connectivity index (χ2v) is 8.09. The Balaban J connectivity index is 1.76. The summed E-state index contributed by atoms with van der Waals surface area (Å²) in [7, 11) is -1.80. The molecule has 0 aromatic heterocycles. The molecule has 2 aliphatic rings. The number of benzene rings is 1. The Morgan fingerprint density at radius 2 is 2.19 bits per heavy atom. The zero-order valence-corrected chi connectivity index (χ0v) is 12.9. The van der Waals surface area contributed by atoms with E-state index >= 15 is 0 Å². The highest BCUT2D eigenvalue weighted by Gasteiger charge is 2.54. The molecule has 0 spiro atoms. The summed E-state index contributed by atoms with van der Waals surface area (Å²) in [6.45, 7) is 0.452. The normalized spacial score (nSPS) is 23.0. The molecule has 1 atom stereocenters. The summed E-state index contributed by atoms with van der Waals surface area (Å²) in [4.78, 5) is 0. The van der Waals surface area contributed by atoms with Crippen LogP contribution in [0.1, 0.15) is 42.9 Å². The Kier molecular flexibility index (Phi) is 3.80. The Morgan fingerprint density at radius 3 is 2.86 bits per heavy atom. The fourth-order valence-corrected chi connectivity index (χ4v) is 4.96. The molecule has 21 heavy (non-hydrogen) atoms. The van der Waals surface area contributed by atoms with Crippen LogP contribution in [-0.2, 0) is 21.2 Å². The van der Waals surface area contributed by atoms with Crippen LogP contribution in [0, 0.1) is 5.82 Å². The average molecular weight is 313 g/mol. The van der Waals surface area contributed by atoms with Gasteiger partial charge in [0.1, 0.15) is 5.82 Å². The first kappa shape index (κ1) is 14.9. The molecule has 116 valence electrons. The highest BCUT2D eigenvalue weighted by molar-refractivity contribution is 7.91. The summed E-state index contributed by atoms with van der Waals surface area (Å²) in [5.41, 5.74) is 1.81. The maximum atomic E-state index is 13.2. The van der Waals surface area contributed by atoms with Gasteiger partial charge in [0.2, 0.25) is 10.0 Å². The van der Waals surface area contributed by atoms with E-state index in [4.69, 9.17) is 4.74 Å². The lowest BCUT2D eigenvalue weighted by atomic mass is 10.1. The number of sulfonamides is 1. The zero-order valence-electron chi connectivity index (χ0n) is 12.1. The minimum atomic E-state index is -3.38. The Hall–Kier alpha value is -0.980. The van der Waals surface area contributed by atoms with Crippen molar-refractivity contribution in [2.75, 3.05) is 13.7 Å². The van der Waals surface area contributed by atoms with Gasteiger partial charge in [-0.3, -0.25) is 0 Å². The zero-order chi connectivity index (χ0) is 15.1. The summed E-state index contributed by atoms with van der Waals surface area (Å²) in [5.74, 6) is -0.268. The number of nitrogens with one attached hydrogen (secondary N) is 1. The van der Waals surface area contributed by atoms with Gasteiger partial charge < -0.3 is 4.74 Å². The minimum absolute atomic E-state index is 0.231. The predicted octanol–water partition coefficient (Wildman–Crippen LogP) is 2.30. The average Bonchev–Trinajstić information content (AvgIpc) is 3.15. The van der Waals surface area contributed by atoms with E-state index in [-0.39, 0.29) is 11.9 Å². The summed E-state index contributed by atoms with van der Waals surface area (Å²) in [6.07, 6.45) is 3.31. The van der Waals surface area contributed by atoms with Crippen molar-refractivity contribution >= 4 is 10.0 Å². The topological polar surface area (TPSA) is 55.4 Å². The lowest BCUT2D eigenvalue weighted by Gasteiger charge is -2.21. The third-order valence-corrected chi connectivity index (χ3v) is 6.97. The highest BCUT2D eigenvalue weighted by atomic mass is 32.2. The Bertz CT molecular complexity index is 640. The Labute approximate surface area is 124 Å². The van der Waals surface area contributed by atoms with E-state index in [1.54, 1.807) is 13.2 Å². The lowest BCUT2D eigenvalue weighted by Crippen LogP contribution is -2.38. The first-order chi connectivity index (χ1) is 9.97. The minimum Gasteiger partial charge on any atom is -0.385 e.